The summed E-state index contributed by atoms with van der Waals surface area (Å²) in [5.41, 5.74) is 2.88. The zero-order valence-corrected chi connectivity index (χ0v) is 6.64. The van der Waals surface area contributed by atoms with E-state index < -0.39 is 5.91 Å². The lowest BCUT2D eigenvalue weighted by molar-refractivity contribution is 0.0955. The Morgan fingerprint density at radius 3 is 3.23 bits per heavy atom. The van der Waals surface area contributed by atoms with Gasteiger partial charge in [0.05, 0.1) is 6.20 Å². The predicted octanol–water partition coefficient (Wildman–Crippen LogP) is -0.667. The fourth-order valence-corrected chi connectivity index (χ4v) is 1.07. The molecule has 0 spiro atoms. The van der Waals surface area contributed by atoms with Gasteiger partial charge in [-0.1, -0.05) is 0 Å². The summed E-state index contributed by atoms with van der Waals surface area (Å²) >= 11 is 0. The van der Waals surface area contributed by atoms with E-state index in [0.29, 0.717) is 11.2 Å². The van der Waals surface area contributed by atoms with Crippen LogP contribution in [0, 0.1) is 0 Å². The first-order valence-electron chi connectivity index (χ1n) is 3.62. The summed E-state index contributed by atoms with van der Waals surface area (Å²) in [5.74, 6) is 4.60. The van der Waals surface area contributed by atoms with Crippen molar-refractivity contribution in [2.24, 2.45) is 5.84 Å². The lowest BCUT2D eigenvalue weighted by atomic mass is 10.3. The van der Waals surface area contributed by atoms with Crippen LogP contribution in [0.25, 0.3) is 5.65 Å². The second kappa shape index (κ2) is 2.83. The third kappa shape index (κ3) is 1.13. The molecule has 0 radical (unpaired) electrons. The Bertz CT molecular complexity index is 449. The number of fused-ring (bicyclic) bond motifs is 1. The van der Waals surface area contributed by atoms with Crippen LogP contribution in [0.2, 0.25) is 0 Å². The number of hydrogen-bond acceptors (Lipinski definition) is 4. The third-order valence-electron chi connectivity index (χ3n) is 1.66. The molecule has 66 valence electrons. The van der Waals surface area contributed by atoms with Gasteiger partial charge in [-0.2, -0.15) is 5.10 Å². The molecule has 0 atom stereocenters. The fourth-order valence-electron chi connectivity index (χ4n) is 1.07. The van der Waals surface area contributed by atoms with Gasteiger partial charge in [0.15, 0.2) is 5.65 Å². The molecule has 6 heteroatoms. The number of nitrogen functional groups attached to an aromatic ring is 1. The quantitative estimate of drug-likeness (QED) is 0.344. The Morgan fingerprint density at radius 1 is 1.62 bits per heavy atom. The standard InChI is InChI=1S/C7H7N5O/c8-11-7(13)5-4-10-12-3-1-2-9-6(5)12/h1-4H,8H2,(H,11,13). The van der Waals surface area contributed by atoms with Crippen LogP contribution in [-0.4, -0.2) is 20.5 Å². The van der Waals surface area contributed by atoms with E-state index in [9.17, 15) is 4.79 Å². The van der Waals surface area contributed by atoms with E-state index in [2.05, 4.69) is 10.1 Å². The van der Waals surface area contributed by atoms with Gasteiger partial charge in [0.1, 0.15) is 5.56 Å². The van der Waals surface area contributed by atoms with E-state index in [-0.39, 0.29) is 0 Å². The summed E-state index contributed by atoms with van der Waals surface area (Å²) in [4.78, 5) is 15.2. The summed E-state index contributed by atoms with van der Waals surface area (Å²) in [5, 5.41) is 3.93. The molecule has 0 unspecified atom stereocenters. The van der Waals surface area contributed by atoms with Crippen molar-refractivity contribution in [3.63, 3.8) is 0 Å². The molecule has 2 heterocycles. The average Bonchev–Trinajstić information content (AvgIpc) is 2.60. The highest BCUT2D eigenvalue weighted by molar-refractivity contribution is 5.99. The molecule has 3 N–H and O–H groups in total. The molecule has 0 fully saturated rings. The van der Waals surface area contributed by atoms with Crippen LogP contribution in [0.4, 0.5) is 0 Å². The number of nitrogens with zero attached hydrogens (tertiary/aromatic N) is 3. The molecule has 0 aliphatic heterocycles. The lowest BCUT2D eigenvalue weighted by Gasteiger charge is -1.94. The molecule has 0 saturated heterocycles. The zero-order chi connectivity index (χ0) is 9.26. The van der Waals surface area contributed by atoms with E-state index in [0.717, 1.165) is 0 Å². The first-order chi connectivity index (χ1) is 6.33. The van der Waals surface area contributed by atoms with Gasteiger partial charge in [-0.3, -0.25) is 10.2 Å². The molecule has 0 aliphatic rings. The van der Waals surface area contributed by atoms with Gasteiger partial charge in [-0.05, 0) is 6.07 Å². The van der Waals surface area contributed by atoms with Crippen LogP contribution in [0.3, 0.4) is 0 Å². The highest BCUT2D eigenvalue weighted by Gasteiger charge is 2.11. The first kappa shape index (κ1) is 7.69. The fraction of sp³-hybridized carbons (Fsp3) is 0. The van der Waals surface area contributed by atoms with Gasteiger partial charge in [-0.25, -0.2) is 15.3 Å². The third-order valence-corrected chi connectivity index (χ3v) is 1.66. The molecular formula is C7H7N5O. The van der Waals surface area contributed by atoms with E-state index in [1.54, 1.807) is 18.5 Å². The molecule has 2 aromatic heterocycles. The van der Waals surface area contributed by atoms with Crippen LogP contribution in [0.15, 0.2) is 24.7 Å². The van der Waals surface area contributed by atoms with Crippen molar-refractivity contribution in [2.75, 3.05) is 0 Å². The molecule has 6 nitrogen and oxygen atoms in total. The minimum Gasteiger partial charge on any atom is -0.290 e. The maximum atomic E-state index is 11.2. The van der Waals surface area contributed by atoms with Crippen LogP contribution in [-0.2, 0) is 0 Å². The van der Waals surface area contributed by atoms with Crippen LogP contribution in [0.5, 0.6) is 0 Å². The molecule has 13 heavy (non-hydrogen) atoms. The Hall–Kier alpha value is -1.95. The molecular weight excluding hydrogens is 170 g/mol. The second-order valence-corrected chi connectivity index (χ2v) is 2.42. The van der Waals surface area contributed by atoms with Gasteiger partial charge in [0.2, 0.25) is 0 Å². The van der Waals surface area contributed by atoms with Crippen molar-refractivity contribution < 1.29 is 4.79 Å². The van der Waals surface area contributed by atoms with Crippen molar-refractivity contribution in [2.45, 2.75) is 0 Å². The number of hydrazine groups is 1. The summed E-state index contributed by atoms with van der Waals surface area (Å²) in [7, 11) is 0. The number of hydrogen-bond donors (Lipinski definition) is 2. The summed E-state index contributed by atoms with van der Waals surface area (Å²) in [6.45, 7) is 0. The van der Waals surface area contributed by atoms with Gasteiger partial charge >= 0.3 is 0 Å². The number of rotatable bonds is 1. The molecule has 2 aromatic rings. The number of nitrogens with one attached hydrogen (secondary N) is 1. The Balaban J connectivity index is 2.64. The van der Waals surface area contributed by atoms with Gasteiger partial charge in [-0.15, -0.1) is 0 Å². The minimum absolute atomic E-state index is 0.364. The van der Waals surface area contributed by atoms with E-state index in [1.807, 2.05) is 5.43 Å². The van der Waals surface area contributed by atoms with Gasteiger partial charge < -0.3 is 0 Å². The number of nitrogens with two attached hydrogens (primary N) is 1. The highest BCUT2D eigenvalue weighted by Crippen LogP contribution is 2.05. The first-order valence-corrected chi connectivity index (χ1v) is 3.62. The zero-order valence-electron chi connectivity index (χ0n) is 6.64. The van der Waals surface area contributed by atoms with E-state index in [1.165, 1.54) is 10.7 Å². The number of carbonyl (C=O) groups excluding carboxylic acids is 1. The maximum absolute atomic E-state index is 11.2. The normalized spacial score (nSPS) is 10.2. The molecule has 0 saturated carbocycles. The largest absolute Gasteiger partial charge is 0.290 e. The summed E-state index contributed by atoms with van der Waals surface area (Å²) in [6.07, 6.45) is 4.71. The molecule has 1 amide bonds. The predicted molar refractivity (Wildman–Crippen MR) is 44.6 cm³/mol. The monoisotopic (exact) mass is 177 g/mol. The van der Waals surface area contributed by atoms with Crippen LogP contribution in [0.1, 0.15) is 10.4 Å². The topological polar surface area (TPSA) is 85.3 Å². The Kier molecular flexibility index (Phi) is 1.67. The van der Waals surface area contributed by atoms with Crippen molar-refractivity contribution in [1.29, 1.82) is 0 Å². The Morgan fingerprint density at radius 2 is 2.46 bits per heavy atom. The van der Waals surface area contributed by atoms with E-state index in [4.69, 9.17) is 5.84 Å². The second-order valence-electron chi connectivity index (χ2n) is 2.42. The average molecular weight is 177 g/mol. The van der Waals surface area contributed by atoms with Gasteiger partial charge in [0, 0.05) is 12.4 Å². The van der Waals surface area contributed by atoms with E-state index >= 15 is 0 Å². The SMILES string of the molecule is NNC(=O)c1cnn2cccnc12. The van der Waals surface area contributed by atoms with Gasteiger partial charge in [0.25, 0.3) is 5.91 Å². The van der Waals surface area contributed by atoms with Crippen LogP contribution >= 0.6 is 0 Å². The maximum Gasteiger partial charge on any atom is 0.270 e. The minimum atomic E-state index is -0.395. The van der Waals surface area contributed by atoms with Crippen molar-refractivity contribution in [1.82, 2.24) is 20.0 Å². The number of amides is 1. The summed E-state index contributed by atoms with van der Waals surface area (Å²) < 4.78 is 1.50. The highest BCUT2D eigenvalue weighted by atomic mass is 16.2. The molecule has 0 aromatic carbocycles. The lowest BCUT2D eigenvalue weighted by Crippen LogP contribution is -2.29. The van der Waals surface area contributed by atoms with Crippen molar-refractivity contribution in [3.05, 3.63) is 30.2 Å². The van der Waals surface area contributed by atoms with Crippen LogP contribution < -0.4 is 11.3 Å². The molecule has 0 aliphatic carbocycles. The Labute approximate surface area is 73.3 Å². The number of aromatic nitrogens is 3. The van der Waals surface area contributed by atoms with Crippen molar-refractivity contribution in [3.8, 4) is 0 Å². The number of carbonyl (C=O) groups is 1. The smallest absolute Gasteiger partial charge is 0.270 e. The van der Waals surface area contributed by atoms with Crippen molar-refractivity contribution >= 4 is 11.6 Å². The molecule has 2 rings (SSSR count). The molecule has 0 bridgehead atoms. The summed E-state index contributed by atoms with van der Waals surface area (Å²) in [6, 6.07) is 1.73.